The molecule has 1 atom stereocenters. The lowest BCUT2D eigenvalue weighted by atomic mass is 9.92. The van der Waals surface area contributed by atoms with Gasteiger partial charge in [-0.1, -0.05) is 19.3 Å². The minimum absolute atomic E-state index is 0.101. The molecular weight excluding hydrogens is 302 g/mol. The summed E-state index contributed by atoms with van der Waals surface area (Å²) in [6.45, 7) is 3.29. The van der Waals surface area contributed by atoms with Crippen molar-refractivity contribution in [1.29, 1.82) is 0 Å². The van der Waals surface area contributed by atoms with Crippen molar-refractivity contribution in [1.82, 2.24) is 15.1 Å². The van der Waals surface area contributed by atoms with Gasteiger partial charge in [0.2, 0.25) is 0 Å². The van der Waals surface area contributed by atoms with E-state index in [0.717, 1.165) is 51.4 Å². The van der Waals surface area contributed by atoms with Crippen molar-refractivity contribution in [3.05, 3.63) is 0 Å². The number of nitrogens with one attached hydrogen (secondary N) is 1. The standard InChI is InChI=1S/C19H35N3O2/c23-15-11-18-8-4-5-12-22(18)19(24)20-16-9-13-21(14-10-16)17-6-2-1-3-7-17/h16-18,23H,1-15H2,(H,20,24). The van der Waals surface area contributed by atoms with Gasteiger partial charge in [-0.15, -0.1) is 0 Å². The van der Waals surface area contributed by atoms with Crippen molar-refractivity contribution < 1.29 is 9.90 Å². The molecule has 1 saturated carbocycles. The smallest absolute Gasteiger partial charge is 0.317 e. The summed E-state index contributed by atoms with van der Waals surface area (Å²) < 4.78 is 0. The van der Waals surface area contributed by atoms with Crippen LogP contribution in [0.2, 0.25) is 0 Å². The molecule has 1 unspecified atom stereocenters. The molecule has 0 spiro atoms. The van der Waals surface area contributed by atoms with Gasteiger partial charge in [-0.2, -0.15) is 0 Å². The summed E-state index contributed by atoms with van der Waals surface area (Å²) in [5.74, 6) is 0. The van der Waals surface area contributed by atoms with E-state index < -0.39 is 0 Å². The number of hydrogen-bond donors (Lipinski definition) is 2. The molecule has 2 saturated heterocycles. The summed E-state index contributed by atoms with van der Waals surface area (Å²) in [5, 5.41) is 12.5. The fraction of sp³-hybridized carbons (Fsp3) is 0.947. The van der Waals surface area contributed by atoms with Gasteiger partial charge in [0.05, 0.1) is 0 Å². The molecule has 24 heavy (non-hydrogen) atoms. The maximum atomic E-state index is 12.7. The van der Waals surface area contributed by atoms with Crippen molar-refractivity contribution in [2.75, 3.05) is 26.2 Å². The lowest BCUT2D eigenvalue weighted by molar-refractivity contribution is 0.105. The molecule has 3 aliphatic rings. The number of urea groups is 1. The lowest BCUT2D eigenvalue weighted by Gasteiger charge is -2.41. The van der Waals surface area contributed by atoms with Gasteiger partial charge in [0, 0.05) is 44.4 Å². The molecule has 3 rings (SSSR count). The fourth-order valence-corrected chi connectivity index (χ4v) is 4.83. The van der Waals surface area contributed by atoms with Crippen LogP contribution >= 0.6 is 0 Å². The Morgan fingerprint density at radius 1 is 0.917 bits per heavy atom. The largest absolute Gasteiger partial charge is 0.396 e. The zero-order valence-electron chi connectivity index (χ0n) is 15.1. The van der Waals surface area contributed by atoms with Gasteiger partial charge in [-0.3, -0.25) is 0 Å². The van der Waals surface area contributed by atoms with Gasteiger partial charge in [-0.05, 0) is 51.4 Å². The molecule has 5 heteroatoms. The number of carbonyl (C=O) groups is 1. The molecule has 5 nitrogen and oxygen atoms in total. The Balaban J connectivity index is 1.43. The first-order chi connectivity index (χ1) is 11.8. The molecule has 1 aliphatic carbocycles. The number of aliphatic hydroxyl groups is 1. The Labute approximate surface area is 146 Å². The van der Waals surface area contributed by atoms with E-state index in [2.05, 4.69) is 10.2 Å². The number of amides is 2. The van der Waals surface area contributed by atoms with Gasteiger partial charge in [0.1, 0.15) is 0 Å². The highest BCUT2D eigenvalue weighted by Gasteiger charge is 2.30. The van der Waals surface area contributed by atoms with Crippen molar-refractivity contribution in [3.8, 4) is 0 Å². The van der Waals surface area contributed by atoms with E-state index in [1.807, 2.05) is 4.90 Å². The number of nitrogens with zero attached hydrogens (tertiary/aromatic N) is 2. The van der Waals surface area contributed by atoms with Crippen LogP contribution in [0.15, 0.2) is 0 Å². The van der Waals surface area contributed by atoms with Crippen molar-refractivity contribution in [2.24, 2.45) is 0 Å². The van der Waals surface area contributed by atoms with Gasteiger partial charge < -0.3 is 20.2 Å². The second-order valence-corrected chi connectivity index (χ2v) is 7.91. The molecule has 2 amide bonds. The Hall–Kier alpha value is -0.810. The van der Waals surface area contributed by atoms with Crippen LogP contribution in [0.25, 0.3) is 0 Å². The Kier molecular flexibility index (Phi) is 6.78. The lowest BCUT2D eigenvalue weighted by Crippen LogP contribution is -2.54. The zero-order chi connectivity index (χ0) is 16.8. The number of aliphatic hydroxyl groups excluding tert-OH is 1. The van der Waals surface area contributed by atoms with E-state index >= 15 is 0 Å². The van der Waals surface area contributed by atoms with Gasteiger partial charge in [0.15, 0.2) is 0 Å². The van der Waals surface area contributed by atoms with E-state index in [1.165, 1.54) is 38.5 Å². The Morgan fingerprint density at radius 3 is 2.33 bits per heavy atom. The predicted molar refractivity (Wildman–Crippen MR) is 96.0 cm³/mol. The number of hydrogen-bond acceptors (Lipinski definition) is 3. The maximum Gasteiger partial charge on any atom is 0.317 e. The zero-order valence-corrected chi connectivity index (χ0v) is 15.1. The summed E-state index contributed by atoms with van der Waals surface area (Å²) in [7, 11) is 0. The molecule has 2 N–H and O–H groups in total. The topological polar surface area (TPSA) is 55.8 Å². The molecule has 2 aliphatic heterocycles. The minimum atomic E-state index is 0.101. The van der Waals surface area contributed by atoms with E-state index in [4.69, 9.17) is 0 Å². The maximum absolute atomic E-state index is 12.7. The van der Waals surface area contributed by atoms with Crippen molar-refractivity contribution in [3.63, 3.8) is 0 Å². The summed E-state index contributed by atoms with van der Waals surface area (Å²) in [6, 6.07) is 1.45. The van der Waals surface area contributed by atoms with E-state index in [-0.39, 0.29) is 18.7 Å². The van der Waals surface area contributed by atoms with Gasteiger partial charge in [0.25, 0.3) is 0 Å². The number of likely N-dealkylation sites (tertiary alicyclic amines) is 2. The van der Waals surface area contributed by atoms with Crippen LogP contribution in [0.4, 0.5) is 4.79 Å². The summed E-state index contributed by atoms with van der Waals surface area (Å²) in [6.07, 6.45) is 13.1. The molecule has 3 fully saturated rings. The van der Waals surface area contributed by atoms with Crippen LogP contribution in [-0.2, 0) is 0 Å². The van der Waals surface area contributed by atoms with Crippen molar-refractivity contribution in [2.45, 2.75) is 88.8 Å². The van der Waals surface area contributed by atoms with Crippen LogP contribution in [0.5, 0.6) is 0 Å². The third-order valence-corrected chi connectivity index (χ3v) is 6.30. The first-order valence-electron chi connectivity index (χ1n) is 10.2. The molecule has 138 valence electrons. The highest BCUT2D eigenvalue weighted by molar-refractivity contribution is 5.75. The van der Waals surface area contributed by atoms with Crippen LogP contribution < -0.4 is 5.32 Å². The average Bonchev–Trinajstić information content (AvgIpc) is 2.64. The Morgan fingerprint density at radius 2 is 1.62 bits per heavy atom. The molecule has 0 bridgehead atoms. The number of carbonyl (C=O) groups excluding carboxylic acids is 1. The van der Waals surface area contributed by atoms with Crippen LogP contribution in [0, 0.1) is 0 Å². The molecule has 0 aromatic heterocycles. The van der Waals surface area contributed by atoms with Gasteiger partial charge in [-0.25, -0.2) is 4.79 Å². The minimum Gasteiger partial charge on any atom is -0.396 e. The van der Waals surface area contributed by atoms with Crippen LogP contribution in [-0.4, -0.2) is 65.3 Å². The second kappa shape index (κ2) is 9.04. The van der Waals surface area contributed by atoms with E-state index in [1.54, 1.807) is 0 Å². The number of piperidine rings is 2. The molecule has 0 radical (unpaired) electrons. The third kappa shape index (κ3) is 4.63. The highest BCUT2D eigenvalue weighted by atomic mass is 16.3. The van der Waals surface area contributed by atoms with E-state index in [0.29, 0.717) is 12.5 Å². The third-order valence-electron chi connectivity index (χ3n) is 6.30. The first kappa shape index (κ1) is 18.0. The van der Waals surface area contributed by atoms with Gasteiger partial charge >= 0.3 is 6.03 Å². The van der Waals surface area contributed by atoms with Crippen LogP contribution in [0.1, 0.15) is 70.6 Å². The van der Waals surface area contributed by atoms with Crippen molar-refractivity contribution >= 4 is 6.03 Å². The predicted octanol–water partition coefficient (Wildman–Crippen LogP) is 2.73. The average molecular weight is 338 g/mol. The fourth-order valence-electron chi connectivity index (χ4n) is 4.83. The quantitative estimate of drug-likeness (QED) is 0.829. The highest BCUT2D eigenvalue weighted by Crippen LogP contribution is 2.26. The monoisotopic (exact) mass is 337 g/mol. The summed E-state index contributed by atoms with van der Waals surface area (Å²) in [4.78, 5) is 17.3. The normalized spacial score (nSPS) is 28.0. The summed E-state index contributed by atoms with van der Waals surface area (Å²) in [5.41, 5.74) is 0. The molecule has 0 aromatic carbocycles. The molecule has 0 aromatic rings. The number of rotatable bonds is 4. The van der Waals surface area contributed by atoms with Crippen LogP contribution in [0.3, 0.4) is 0 Å². The SMILES string of the molecule is O=C(NC1CCN(C2CCCCC2)CC1)N1CCCCC1CCO. The summed E-state index contributed by atoms with van der Waals surface area (Å²) >= 11 is 0. The Bertz CT molecular complexity index is 388. The second-order valence-electron chi connectivity index (χ2n) is 7.91. The first-order valence-corrected chi connectivity index (χ1v) is 10.2. The van der Waals surface area contributed by atoms with E-state index in [9.17, 15) is 9.90 Å². The molecule has 2 heterocycles. The molecular formula is C19H35N3O2.